The highest BCUT2D eigenvalue weighted by molar-refractivity contribution is 7.80. The monoisotopic (exact) mass is 468 g/mol. The Morgan fingerprint density at radius 2 is 1.73 bits per heavy atom. The highest BCUT2D eigenvalue weighted by atomic mass is 32.1. The zero-order chi connectivity index (χ0) is 23.5. The molecule has 3 N–H and O–H groups in total. The van der Waals surface area contributed by atoms with Crippen molar-refractivity contribution in [1.82, 2.24) is 10.2 Å². The van der Waals surface area contributed by atoms with E-state index in [2.05, 4.69) is 16.0 Å². The van der Waals surface area contributed by atoms with Gasteiger partial charge in [0.25, 0.3) is 0 Å². The molecule has 1 saturated carbocycles. The molecule has 4 rings (SSSR count). The molecule has 1 heterocycles. The van der Waals surface area contributed by atoms with Crippen LogP contribution in [0.2, 0.25) is 0 Å². The highest BCUT2D eigenvalue weighted by Gasteiger charge is 2.44. The predicted molar refractivity (Wildman–Crippen MR) is 132 cm³/mol. The quantitative estimate of drug-likeness (QED) is 0.584. The van der Waals surface area contributed by atoms with Crippen molar-refractivity contribution < 1.29 is 14.0 Å². The maximum atomic E-state index is 13.3. The molecular formula is C25H29FN4O2S. The molecule has 0 bridgehead atoms. The van der Waals surface area contributed by atoms with E-state index in [-0.39, 0.29) is 36.1 Å². The van der Waals surface area contributed by atoms with Crippen LogP contribution in [0.4, 0.5) is 15.8 Å². The Morgan fingerprint density at radius 1 is 1.06 bits per heavy atom. The van der Waals surface area contributed by atoms with Crippen LogP contribution in [0.15, 0.2) is 42.5 Å². The van der Waals surface area contributed by atoms with Gasteiger partial charge in [-0.25, -0.2) is 4.39 Å². The summed E-state index contributed by atoms with van der Waals surface area (Å²) in [6.07, 6.45) is 3.83. The SMILES string of the molecule is Cc1cc(C)cc(NC(=O)C[C@H]2C(=O)N[C@H]3CCCC[C@@H]3N2C(=S)Nc2ccc(F)cc2)c1. The lowest BCUT2D eigenvalue weighted by Crippen LogP contribution is -2.68. The van der Waals surface area contributed by atoms with Gasteiger partial charge in [-0.1, -0.05) is 18.9 Å². The van der Waals surface area contributed by atoms with Gasteiger partial charge < -0.3 is 20.9 Å². The maximum Gasteiger partial charge on any atom is 0.243 e. The number of nitrogens with one attached hydrogen (secondary N) is 3. The van der Waals surface area contributed by atoms with Gasteiger partial charge in [0.15, 0.2) is 5.11 Å². The summed E-state index contributed by atoms with van der Waals surface area (Å²) in [5, 5.41) is 9.55. The minimum atomic E-state index is -0.726. The largest absolute Gasteiger partial charge is 0.349 e. The summed E-state index contributed by atoms with van der Waals surface area (Å²) in [4.78, 5) is 27.9. The van der Waals surface area contributed by atoms with E-state index in [1.807, 2.05) is 36.9 Å². The van der Waals surface area contributed by atoms with E-state index >= 15 is 0 Å². The minimum Gasteiger partial charge on any atom is -0.349 e. The summed E-state index contributed by atoms with van der Waals surface area (Å²) in [7, 11) is 0. The lowest BCUT2D eigenvalue weighted by molar-refractivity contribution is -0.134. The van der Waals surface area contributed by atoms with E-state index in [1.165, 1.54) is 12.1 Å². The first-order chi connectivity index (χ1) is 15.8. The third-order valence-corrected chi connectivity index (χ3v) is 6.58. The number of halogens is 1. The summed E-state index contributed by atoms with van der Waals surface area (Å²) in [6, 6.07) is 11.0. The number of carbonyl (C=O) groups excluding carboxylic acids is 2. The van der Waals surface area contributed by atoms with Crippen LogP contribution in [-0.2, 0) is 9.59 Å². The van der Waals surface area contributed by atoms with Gasteiger partial charge in [0.2, 0.25) is 11.8 Å². The van der Waals surface area contributed by atoms with E-state index < -0.39 is 6.04 Å². The van der Waals surface area contributed by atoms with E-state index in [9.17, 15) is 14.0 Å². The second-order valence-corrected chi connectivity index (χ2v) is 9.34. The van der Waals surface area contributed by atoms with E-state index in [0.29, 0.717) is 16.5 Å². The van der Waals surface area contributed by atoms with Crippen LogP contribution in [0.1, 0.15) is 43.2 Å². The average Bonchev–Trinajstić information content (AvgIpc) is 2.75. The van der Waals surface area contributed by atoms with Crippen molar-refractivity contribution in [2.75, 3.05) is 10.6 Å². The van der Waals surface area contributed by atoms with Crippen LogP contribution in [-0.4, -0.2) is 40.0 Å². The second-order valence-electron chi connectivity index (χ2n) is 8.96. The van der Waals surface area contributed by atoms with Crippen molar-refractivity contribution in [2.24, 2.45) is 0 Å². The molecule has 2 aromatic carbocycles. The molecule has 0 aromatic heterocycles. The number of carbonyl (C=O) groups is 2. The molecule has 1 aliphatic carbocycles. The number of fused-ring (bicyclic) bond motifs is 1. The molecule has 6 nitrogen and oxygen atoms in total. The number of nitrogens with zero attached hydrogens (tertiary/aromatic N) is 1. The highest BCUT2D eigenvalue weighted by Crippen LogP contribution is 2.30. The van der Waals surface area contributed by atoms with Crippen molar-refractivity contribution >= 4 is 40.5 Å². The van der Waals surface area contributed by atoms with Crippen LogP contribution in [0, 0.1) is 19.7 Å². The first kappa shape index (κ1) is 23.2. The Hall–Kier alpha value is -3.00. The van der Waals surface area contributed by atoms with Crippen molar-refractivity contribution in [3.8, 4) is 0 Å². The summed E-state index contributed by atoms with van der Waals surface area (Å²) in [6.45, 7) is 3.95. The summed E-state index contributed by atoms with van der Waals surface area (Å²) >= 11 is 5.71. The fraction of sp³-hybridized carbons (Fsp3) is 0.400. The Bertz CT molecular complexity index is 1040. The summed E-state index contributed by atoms with van der Waals surface area (Å²) in [5.74, 6) is -0.780. The van der Waals surface area contributed by atoms with Gasteiger partial charge >= 0.3 is 0 Å². The van der Waals surface area contributed by atoms with Crippen LogP contribution >= 0.6 is 12.2 Å². The van der Waals surface area contributed by atoms with Crippen molar-refractivity contribution in [2.45, 2.75) is 64.1 Å². The lowest BCUT2D eigenvalue weighted by atomic mass is 9.85. The topological polar surface area (TPSA) is 73.5 Å². The van der Waals surface area contributed by atoms with Gasteiger partial charge in [-0.05, 0) is 86.4 Å². The third kappa shape index (κ3) is 5.50. The van der Waals surface area contributed by atoms with Crippen molar-refractivity contribution in [3.63, 3.8) is 0 Å². The van der Waals surface area contributed by atoms with Crippen molar-refractivity contribution in [3.05, 3.63) is 59.4 Å². The van der Waals surface area contributed by atoms with Crippen molar-refractivity contribution in [1.29, 1.82) is 0 Å². The first-order valence-electron chi connectivity index (χ1n) is 11.3. The average molecular weight is 469 g/mol. The fourth-order valence-corrected chi connectivity index (χ4v) is 5.27. The van der Waals surface area contributed by atoms with Gasteiger partial charge in [0.05, 0.1) is 12.5 Å². The van der Waals surface area contributed by atoms with Crippen LogP contribution in [0.3, 0.4) is 0 Å². The molecule has 1 aliphatic heterocycles. The first-order valence-corrected chi connectivity index (χ1v) is 11.7. The smallest absolute Gasteiger partial charge is 0.243 e. The zero-order valence-electron chi connectivity index (χ0n) is 18.9. The number of amides is 2. The Balaban J connectivity index is 1.54. The molecule has 8 heteroatoms. The van der Waals surface area contributed by atoms with Crippen LogP contribution in [0.5, 0.6) is 0 Å². The van der Waals surface area contributed by atoms with Gasteiger partial charge in [-0.15, -0.1) is 0 Å². The molecular weight excluding hydrogens is 439 g/mol. The van der Waals surface area contributed by atoms with E-state index in [0.717, 1.165) is 36.8 Å². The maximum absolute atomic E-state index is 13.3. The number of rotatable bonds is 4. The van der Waals surface area contributed by atoms with Gasteiger partial charge in [-0.2, -0.15) is 0 Å². The minimum absolute atomic E-state index is 0.00190. The molecule has 2 amide bonds. The summed E-state index contributed by atoms with van der Waals surface area (Å²) < 4.78 is 13.3. The molecule has 0 spiro atoms. The summed E-state index contributed by atoms with van der Waals surface area (Å²) in [5.41, 5.74) is 3.45. The number of anilines is 2. The van der Waals surface area contributed by atoms with Crippen LogP contribution < -0.4 is 16.0 Å². The molecule has 0 radical (unpaired) electrons. The van der Waals surface area contributed by atoms with Crippen LogP contribution in [0.25, 0.3) is 0 Å². The number of piperazine rings is 1. The molecule has 2 aromatic rings. The molecule has 174 valence electrons. The molecule has 33 heavy (non-hydrogen) atoms. The van der Waals surface area contributed by atoms with Gasteiger partial charge in [0.1, 0.15) is 11.9 Å². The zero-order valence-corrected chi connectivity index (χ0v) is 19.7. The third-order valence-electron chi connectivity index (χ3n) is 6.27. The lowest BCUT2D eigenvalue weighted by Gasteiger charge is -2.49. The molecule has 1 saturated heterocycles. The predicted octanol–water partition coefficient (Wildman–Crippen LogP) is 4.28. The number of hydrogen-bond acceptors (Lipinski definition) is 3. The Kier molecular flexibility index (Phi) is 6.93. The van der Waals surface area contributed by atoms with Gasteiger partial charge in [-0.3, -0.25) is 9.59 Å². The Labute approximate surface area is 198 Å². The second kappa shape index (κ2) is 9.87. The normalized spacial score (nSPS) is 22.2. The number of thiocarbonyl (C=S) groups is 1. The number of aryl methyl sites for hydroxylation is 2. The molecule has 3 atom stereocenters. The number of hydrogen-bond donors (Lipinski definition) is 3. The molecule has 0 unspecified atom stereocenters. The van der Waals surface area contributed by atoms with Gasteiger partial charge in [0, 0.05) is 17.4 Å². The van der Waals surface area contributed by atoms with E-state index in [4.69, 9.17) is 12.2 Å². The molecule has 2 aliphatic rings. The number of benzene rings is 2. The fourth-order valence-electron chi connectivity index (χ4n) is 4.89. The molecule has 2 fully saturated rings. The standard InChI is InChI=1S/C25H29FN4O2S/c1-15-11-16(2)13-19(12-15)27-23(31)14-22-24(32)29-20-5-3-4-6-21(20)30(22)25(33)28-18-9-7-17(26)8-10-18/h7-13,20-22H,3-6,14H2,1-2H3,(H,27,31)(H,28,33)(H,29,32)/t20-,21-,22-/m0/s1. The van der Waals surface area contributed by atoms with E-state index in [1.54, 1.807) is 12.1 Å². The Morgan fingerprint density at radius 3 is 2.42 bits per heavy atom.